The minimum Gasteiger partial charge on any atom is -0.469 e. The summed E-state index contributed by atoms with van der Waals surface area (Å²) in [5.41, 5.74) is 0. The standard InChI is InChI=1S/C8H9BrO3S/c1-12-7(11)4-6(10)8-5(9)2-3-13-8/h2-3,6,10H,4H2,1H3. The second kappa shape index (κ2) is 4.74. The van der Waals surface area contributed by atoms with Crippen LogP contribution in [0.4, 0.5) is 0 Å². The molecular formula is C8H9BrO3S. The zero-order valence-corrected chi connectivity index (χ0v) is 9.39. The molecule has 1 rings (SSSR count). The normalized spacial score (nSPS) is 12.5. The van der Waals surface area contributed by atoms with Crippen LogP contribution in [0.15, 0.2) is 15.9 Å². The highest BCUT2D eigenvalue weighted by Crippen LogP contribution is 2.30. The predicted molar refractivity (Wildman–Crippen MR) is 53.6 cm³/mol. The first-order valence-electron chi connectivity index (χ1n) is 3.63. The van der Waals surface area contributed by atoms with E-state index in [0.717, 1.165) is 9.35 Å². The van der Waals surface area contributed by atoms with Gasteiger partial charge in [0.2, 0.25) is 0 Å². The smallest absolute Gasteiger partial charge is 0.308 e. The summed E-state index contributed by atoms with van der Waals surface area (Å²) in [6.07, 6.45) is -0.780. The van der Waals surface area contributed by atoms with Crippen LogP contribution in [0.3, 0.4) is 0 Å². The lowest BCUT2D eigenvalue weighted by atomic mass is 10.2. The van der Waals surface area contributed by atoms with E-state index in [-0.39, 0.29) is 6.42 Å². The summed E-state index contributed by atoms with van der Waals surface area (Å²) in [5, 5.41) is 11.4. The Morgan fingerprint density at radius 3 is 3.00 bits per heavy atom. The van der Waals surface area contributed by atoms with Crippen LogP contribution < -0.4 is 0 Å². The van der Waals surface area contributed by atoms with Crippen LogP contribution >= 0.6 is 27.3 Å². The van der Waals surface area contributed by atoms with Gasteiger partial charge in [0, 0.05) is 9.35 Å². The van der Waals surface area contributed by atoms with Crippen molar-refractivity contribution in [2.45, 2.75) is 12.5 Å². The van der Waals surface area contributed by atoms with Crippen molar-refractivity contribution < 1.29 is 14.6 Å². The molecule has 1 heterocycles. The first-order valence-corrected chi connectivity index (χ1v) is 5.30. The number of ether oxygens (including phenoxy) is 1. The molecule has 0 bridgehead atoms. The number of hydrogen-bond acceptors (Lipinski definition) is 4. The Morgan fingerprint density at radius 2 is 2.54 bits per heavy atom. The van der Waals surface area contributed by atoms with Crippen molar-refractivity contribution in [3.63, 3.8) is 0 Å². The summed E-state index contributed by atoms with van der Waals surface area (Å²) in [7, 11) is 1.30. The molecule has 0 radical (unpaired) electrons. The zero-order valence-electron chi connectivity index (χ0n) is 6.99. The van der Waals surface area contributed by atoms with E-state index in [9.17, 15) is 9.90 Å². The Kier molecular flexibility index (Phi) is 3.90. The van der Waals surface area contributed by atoms with Gasteiger partial charge in [0.15, 0.2) is 0 Å². The Bertz CT molecular complexity index is 297. The van der Waals surface area contributed by atoms with Gasteiger partial charge in [-0.1, -0.05) is 0 Å². The maximum absolute atomic E-state index is 10.8. The third-order valence-corrected chi connectivity index (χ3v) is 3.51. The highest BCUT2D eigenvalue weighted by molar-refractivity contribution is 9.10. The molecule has 0 aliphatic rings. The number of halogens is 1. The topological polar surface area (TPSA) is 46.5 Å². The van der Waals surface area contributed by atoms with Crippen molar-refractivity contribution in [2.75, 3.05) is 7.11 Å². The van der Waals surface area contributed by atoms with Crippen molar-refractivity contribution in [1.82, 2.24) is 0 Å². The van der Waals surface area contributed by atoms with Crippen LogP contribution in [-0.2, 0) is 9.53 Å². The molecule has 1 unspecified atom stereocenters. The fourth-order valence-corrected chi connectivity index (χ4v) is 2.50. The maximum Gasteiger partial charge on any atom is 0.308 e. The summed E-state index contributed by atoms with van der Waals surface area (Å²) in [4.78, 5) is 11.6. The van der Waals surface area contributed by atoms with Crippen molar-refractivity contribution in [3.8, 4) is 0 Å². The molecule has 0 saturated carbocycles. The van der Waals surface area contributed by atoms with Crippen LogP contribution in [0.2, 0.25) is 0 Å². The third-order valence-electron chi connectivity index (χ3n) is 1.54. The number of hydrogen-bond donors (Lipinski definition) is 1. The van der Waals surface area contributed by atoms with Crippen LogP contribution in [0.5, 0.6) is 0 Å². The number of esters is 1. The molecule has 0 saturated heterocycles. The number of carbonyl (C=O) groups is 1. The summed E-state index contributed by atoms with van der Waals surface area (Å²) in [5.74, 6) is -0.409. The molecule has 0 aliphatic heterocycles. The molecule has 0 aromatic carbocycles. The number of aliphatic hydroxyl groups is 1. The molecule has 1 atom stereocenters. The Balaban J connectivity index is 2.63. The lowest BCUT2D eigenvalue weighted by Crippen LogP contribution is -2.07. The van der Waals surface area contributed by atoms with Crippen LogP contribution in [-0.4, -0.2) is 18.2 Å². The molecule has 13 heavy (non-hydrogen) atoms. The number of aliphatic hydroxyl groups excluding tert-OH is 1. The maximum atomic E-state index is 10.8. The Hall–Kier alpha value is -0.390. The van der Waals surface area contributed by atoms with Crippen LogP contribution in [0.25, 0.3) is 0 Å². The van der Waals surface area contributed by atoms with E-state index in [1.165, 1.54) is 18.4 Å². The Morgan fingerprint density at radius 1 is 1.85 bits per heavy atom. The predicted octanol–water partition coefficient (Wildman–Crippen LogP) is 2.11. The van der Waals surface area contributed by atoms with Crippen LogP contribution in [0, 0.1) is 0 Å². The molecule has 1 aromatic heterocycles. The van der Waals surface area contributed by atoms with Gasteiger partial charge < -0.3 is 9.84 Å². The number of carbonyl (C=O) groups excluding carboxylic acids is 1. The first kappa shape index (κ1) is 10.7. The molecule has 3 nitrogen and oxygen atoms in total. The molecule has 72 valence electrons. The average Bonchev–Trinajstić information content (AvgIpc) is 2.51. The van der Waals surface area contributed by atoms with Crippen molar-refractivity contribution >= 4 is 33.2 Å². The fraction of sp³-hybridized carbons (Fsp3) is 0.375. The first-order chi connectivity index (χ1) is 6.15. The highest BCUT2D eigenvalue weighted by atomic mass is 79.9. The SMILES string of the molecule is COC(=O)CC(O)c1sccc1Br. The fourth-order valence-electron chi connectivity index (χ4n) is 0.877. The monoisotopic (exact) mass is 264 g/mol. The lowest BCUT2D eigenvalue weighted by molar-refractivity contribution is -0.142. The minimum atomic E-state index is -0.776. The van der Waals surface area contributed by atoms with Gasteiger partial charge in [-0.15, -0.1) is 11.3 Å². The van der Waals surface area contributed by atoms with Gasteiger partial charge in [-0.3, -0.25) is 4.79 Å². The van der Waals surface area contributed by atoms with E-state index in [2.05, 4.69) is 20.7 Å². The molecule has 0 amide bonds. The van der Waals surface area contributed by atoms with Crippen LogP contribution in [0.1, 0.15) is 17.4 Å². The quantitative estimate of drug-likeness (QED) is 0.851. The third kappa shape index (κ3) is 2.79. The molecule has 0 spiro atoms. The van der Waals surface area contributed by atoms with E-state index >= 15 is 0 Å². The molecule has 5 heteroatoms. The van der Waals surface area contributed by atoms with Crippen molar-refractivity contribution in [1.29, 1.82) is 0 Å². The van der Waals surface area contributed by atoms with E-state index in [4.69, 9.17) is 0 Å². The summed E-state index contributed by atoms with van der Waals surface area (Å²) in [6.45, 7) is 0. The molecular weight excluding hydrogens is 256 g/mol. The number of rotatable bonds is 3. The average molecular weight is 265 g/mol. The van der Waals surface area contributed by atoms with Gasteiger partial charge >= 0.3 is 5.97 Å². The Labute approximate surface area is 88.5 Å². The van der Waals surface area contributed by atoms with E-state index in [0.29, 0.717) is 0 Å². The summed E-state index contributed by atoms with van der Waals surface area (Å²) in [6, 6.07) is 1.83. The molecule has 1 N–H and O–H groups in total. The van der Waals surface area contributed by atoms with Gasteiger partial charge in [0.05, 0.1) is 19.6 Å². The van der Waals surface area contributed by atoms with Gasteiger partial charge in [-0.05, 0) is 27.4 Å². The highest BCUT2D eigenvalue weighted by Gasteiger charge is 2.16. The van der Waals surface area contributed by atoms with Gasteiger partial charge in [0.25, 0.3) is 0 Å². The minimum absolute atomic E-state index is 0.00435. The second-order valence-corrected chi connectivity index (χ2v) is 4.23. The van der Waals surface area contributed by atoms with E-state index < -0.39 is 12.1 Å². The lowest BCUT2D eigenvalue weighted by Gasteiger charge is -2.06. The van der Waals surface area contributed by atoms with Gasteiger partial charge in [-0.2, -0.15) is 0 Å². The number of methoxy groups -OCH3 is 1. The zero-order chi connectivity index (χ0) is 9.84. The number of thiophene rings is 1. The van der Waals surface area contributed by atoms with E-state index in [1.54, 1.807) is 0 Å². The molecule has 0 fully saturated rings. The molecule has 1 aromatic rings. The molecule has 0 aliphatic carbocycles. The second-order valence-electron chi connectivity index (χ2n) is 2.43. The van der Waals surface area contributed by atoms with E-state index in [1.807, 2.05) is 11.4 Å². The van der Waals surface area contributed by atoms with Crippen molar-refractivity contribution in [3.05, 3.63) is 20.8 Å². The van der Waals surface area contributed by atoms with Gasteiger partial charge in [0.1, 0.15) is 0 Å². The van der Waals surface area contributed by atoms with Gasteiger partial charge in [-0.25, -0.2) is 0 Å². The summed E-state index contributed by atoms with van der Waals surface area (Å²) >= 11 is 4.68. The summed E-state index contributed by atoms with van der Waals surface area (Å²) < 4.78 is 5.28. The largest absolute Gasteiger partial charge is 0.469 e. The van der Waals surface area contributed by atoms with Crippen molar-refractivity contribution in [2.24, 2.45) is 0 Å².